The SMILES string of the molecule is CC#CCCN1CCc2cccc(N)c2C1. The molecule has 2 heteroatoms. The minimum Gasteiger partial charge on any atom is -0.398 e. The Hall–Kier alpha value is -1.46. The highest BCUT2D eigenvalue weighted by atomic mass is 15.1. The van der Waals surface area contributed by atoms with Crippen LogP contribution in [0.3, 0.4) is 0 Å². The van der Waals surface area contributed by atoms with E-state index < -0.39 is 0 Å². The van der Waals surface area contributed by atoms with Crippen LogP contribution >= 0.6 is 0 Å². The maximum atomic E-state index is 6.00. The van der Waals surface area contributed by atoms with Gasteiger partial charge in [0.25, 0.3) is 0 Å². The lowest BCUT2D eigenvalue weighted by Crippen LogP contribution is -2.31. The van der Waals surface area contributed by atoms with Gasteiger partial charge < -0.3 is 5.73 Å². The number of benzene rings is 1. The number of anilines is 1. The predicted octanol–water partition coefficient (Wildman–Crippen LogP) is 2.04. The summed E-state index contributed by atoms with van der Waals surface area (Å²) in [6, 6.07) is 6.23. The van der Waals surface area contributed by atoms with Crippen LogP contribution in [0.1, 0.15) is 24.5 Å². The largest absolute Gasteiger partial charge is 0.398 e. The van der Waals surface area contributed by atoms with Gasteiger partial charge in [0.1, 0.15) is 0 Å². The van der Waals surface area contributed by atoms with Crippen molar-refractivity contribution < 1.29 is 0 Å². The number of rotatable bonds is 2. The van der Waals surface area contributed by atoms with Crippen LogP contribution in [0.4, 0.5) is 5.69 Å². The second-order valence-corrected chi connectivity index (χ2v) is 4.19. The topological polar surface area (TPSA) is 29.3 Å². The van der Waals surface area contributed by atoms with Gasteiger partial charge in [-0.05, 0) is 30.5 Å². The molecule has 0 aromatic heterocycles. The molecular formula is C14H18N2. The van der Waals surface area contributed by atoms with E-state index in [1.54, 1.807) is 0 Å². The lowest BCUT2D eigenvalue weighted by Gasteiger charge is -2.29. The van der Waals surface area contributed by atoms with Crippen molar-refractivity contribution >= 4 is 5.69 Å². The molecule has 0 spiro atoms. The minimum absolute atomic E-state index is 0.934. The summed E-state index contributed by atoms with van der Waals surface area (Å²) in [5.41, 5.74) is 9.67. The molecule has 0 atom stereocenters. The van der Waals surface area contributed by atoms with E-state index in [4.69, 9.17) is 5.73 Å². The normalized spacial score (nSPS) is 15.1. The molecule has 0 radical (unpaired) electrons. The highest BCUT2D eigenvalue weighted by molar-refractivity contribution is 5.51. The second-order valence-electron chi connectivity index (χ2n) is 4.19. The van der Waals surface area contributed by atoms with Gasteiger partial charge in [0, 0.05) is 31.7 Å². The van der Waals surface area contributed by atoms with E-state index in [1.165, 1.54) is 11.1 Å². The van der Waals surface area contributed by atoms with Crippen molar-refractivity contribution in [2.45, 2.75) is 26.3 Å². The molecule has 0 saturated heterocycles. The van der Waals surface area contributed by atoms with Gasteiger partial charge in [0.15, 0.2) is 0 Å². The molecule has 1 aromatic carbocycles. The van der Waals surface area contributed by atoms with Gasteiger partial charge in [0.2, 0.25) is 0 Å². The Bertz CT molecular complexity index is 426. The molecule has 0 aliphatic carbocycles. The third-order valence-electron chi connectivity index (χ3n) is 3.12. The van der Waals surface area contributed by atoms with Crippen molar-refractivity contribution in [1.29, 1.82) is 0 Å². The summed E-state index contributed by atoms with van der Waals surface area (Å²) in [5.74, 6) is 6.05. The number of hydrogen-bond acceptors (Lipinski definition) is 2. The van der Waals surface area contributed by atoms with Crippen LogP contribution in [-0.4, -0.2) is 18.0 Å². The lowest BCUT2D eigenvalue weighted by atomic mass is 9.98. The summed E-state index contributed by atoms with van der Waals surface area (Å²) in [6.45, 7) is 5.05. The molecule has 0 bridgehead atoms. The molecular weight excluding hydrogens is 196 g/mol. The van der Waals surface area contributed by atoms with Gasteiger partial charge in [-0.25, -0.2) is 0 Å². The number of fused-ring (bicyclic) bond motifs is 1. The van der Waals surface area contributed by atoms with Gasteiger partial charge in [0.05, 0.1) is 0 Å². The van der Waals surface area contributed by atoms with Crippen molar-refractivity contribution in [2.24, 2.45) is 0 Å². The van der Waals surface area contributed by atoms with Crippen molar-refractivity contribution in [1.82, 2.24) is 4.90 Å². The van der Waals surface area contributed by atoms with Gasteiger partial charge >= 0.3 is 0 Å². The molecule has 1 aliphatic heterocycles. The Morgan fingerprint density at radius 2 is 2.31 bits per heavy atom. The Balaban J connectivity index is 2.04. The predicted molar refractivity (Wildman–Crippen MR) is 67.9 cm³/mol. The third-order valence-corrected chi connectivity index (χ3v) is 3.12. The molecule has 16 heavy (non-hydrogen) atoms. The van der Waals surface area contributed by atoms with Gasteiger partial charge in [-0.2, -0.15) is 0 Å². The van der Waals surface area contributed by atoms with E-state index in [1.807, 2.05) is 19.1 Å². The monoisotopic (exact) mass is 214 g/mol. The third kappa shape index (κ3) is 2.37. The standard InChI is InChI=1S/C14H18N2/c1-2-3-4-9-16-10-8-12-6-5-7-14(15)13(12)11-16/h5-7H,4,8-11,15H2,1H3. The van der Waals surface area contributed by atoms with E-state index >= 15 is 0 Å². The second kappa shape index (κ2) is 5.05. The summed E-state index contributed by atoms with van der Waals surface area (Å²) >= 11 is 0. The fourth-order valence-electron chi connectivity index (χ4n) is 2.19. The molecule has 1 aliphatic rings. The average molecular weight is 214 g/mol. The van der Waals surface area contributed by atoms with Crippen molar-refractivity contribution in [3.63, 3.8) is 0 Å². The first-order chi connectivity index (χ1) is 7.81. The number of nitrogens with two attached hydrogens (primary N) is 1. The first-order valence-electron chi connectivity index (χ1n) is 5.79. The molecule has 0 fully saturated rings. The van der Waals surface area contributed by atoms with E-state index in [-0.39, 0.29) is 0 Å². The zero-order valence-electron chi connectivity index (χ0n) is 9.79. The van der Waals surface area contributed by atoms with Gasteiger partial charge in [-0.3, -0.25) is 4.90 Å². The summed E-state index contributed by atoms with van der Waals surface area (Å²) < 4.78 is 0. The minimum atomic E-state index is 0.934. The van der Waals surface area contributed by atoms with Gasteiger partial charge in [-0.1, -0.05) is 12.1 Å². The van der Waals surface area contributed by atoms with Crippen molar-refractivity contribution in [3.8, 4) is 11.8 Å². The maximum absolute atomic E-state index is 6.00. The summed E-state index contributed by atoms with van der Waals surface area (Å²) in [7, 11) is 0. The lowest BCUT2D eigenvalue weighted by molar-refractivity contribution is 0.261. The smallest absolute Gasteiger partial charge is 0.0362 e. The van der Waals surface area contributed by atoms with Gasteiger partial charge in [-0.15, -0.1) is 11.8 Å². The average Bonchev–Trinajstić information content (AvgIpc) is 2.30. The van der Waals surface area contributed by atoms with Crippen LogP contribution < -0.4 is 5.73 Å². The number of hydrogen-bond donors (Lipinski definition) is 1. The quantitative estimate of drug-likeness (QED) is 0.603. The molecule has 0 saturated carbocycles. The number of nitrogen functional groups attached to an aromatic ring is 1. The molecule has 1 heterocycles. The van der Waals surface area contributed by atoms with Crippen molar-refractivity contribution in [3.05, 3.63) is 29.3 Å². The highest BCUT2D eigenvalue weighted by Crippen LogP contribution is 2.23. The number of nitrogens with zero attached hydrogens (tertiary/aromatic N) is 1. The fraction of sp³-hybridized carbons (Fsp3) is 0.429. The first kappa shape index (κ1) is 11.0. The summed E-state index contributed by atoms with van der Waals surface area (Å²) in [6.07, 6.45) is 2.07. The molecule has 2 rings (SSSR count). The van der Waals surface area contributed by atoms with Crippen LogP contribution in [0.5, 0.6) is 0 Å². The molecule has 1 aromatic rings. The van der Waals surface area contributed by atoms with Crippen LogP contribution in [-0.2, 0) is 13.0 Å². The van der Waals surface area contributed by atoms with E-state index in [2.05, 4.69) is 22.8 Å². The summed E-state index contributed by atoms with van der Waals surface area (Å²) in [5, 5.41) is 0. The van der Waals surface area contributed by atoms with Crippen LogP contribution in [0.25, 0.3) is 0 Å². The molecule has 0 unspecified atom stereocenters. The first-order valence-corrected chi connectivity index (χ1v) is 5.79. The molecule has 84 valence electrons. The Morgan fingerprint density at radius 3 is 3.12 bits per heavy atom. The molecule has 0 amide bonds. The van der Waals surface area contributed by atoms with Crippen LogP contribution in [0.15, 0.2) is 18.2 Å². The molecule has 2 nitrogen and oxygen atoms in total. The highest BCUT2D eigenvalue weighted by Gasteiger charge is 2.16. The zero-order valence-corrected chi connectivity index (χ0v) is 9.79. The van der Waals surface area contributed by atoms with E-state index in [0.29, 0.717) is 0 Å². The Kier molecular flexibility index (Phi) is 3.48. The maximum Gasteiger partial charge on any atom is 0.0362 e. The Labute approximate surface area is 97.4 Å². The molecule has 2 N–H and O–H groups in total. The van der Waals surface area contributed by atoms with Crippen LogP contribution in [0, 0.1) is 11.8 Å². The zero-order chi connectivity index (χ0) is 11.4. The van der Waals surface area contributed by atoms with Crippen LogP contribution in [0.2, 0.25) is 0 Å². The Morgan fingerprint density at radius 1 is 1.44 bits per heavy atom. The summed E-state index contributed by atoms with van der Waals surface area (Å²) in [4.78, 5) is 2.43. The van der Waals surface area contributed by atoms with Crippen molar-refractivity contribution in [2.75, 3.05) is 18.8 Å². The van der Waals surface area contributed by atoms with E-state index in [9.17, 15) is 0 Å². The fourth-order valence-corrected chi connectivity index (χ4v) is 2.19. The van der Waals surface area contributed by atoms with E-state index in [0.717, 1.165) is 38.2 Å².